The number of aliphatic hydroxyl groups excluding tert-OH is 4. The zero-order valence-corrected chi connectivity index (χ0v) is 38.7. The second kappa shape index (κ2) is 30.4. The summed E-state index contributed by atoms with van der Waals surface area (Å²) in [5.41, 5.74) is 17.1. The van der Waals surface area contributed by atoms with E-state index < -0.39 is 146 Å². The summed E-state index contributed by atoms with van der Waals surface area (Å²) in [6.07, 6.45) is -1.70. The number of aliphatic hydroxyl groups is 4. The number of unbranched alkanes of at least 4 members (excludes halogenated alkanes) is 1. The third kappa shape index (κ3) is 20.2. The van der Waals surface area contributed by atoms with E-state index >= 15 is 0 Å². The highest BCUT2D eigenvalue weighted by Crippen LogP contribution is 2.09. The summed E-state index contributed by atoms with van der Waals surface area (Å²) in [6, 6.07) is 2.14. The molecule has 386 valence electrons. The van der Waals surface area contributed by atoms with Crippen LogP contribution >= 0.6 is 0 Å². The number of carbonyl (C=O) groups excluding carboxylic acids is 9. The van der Waals surface area contributed by atoms with Crippen LogP contribution < -0.4 is 59.7 Å². The van der Waals surface area contributed by atoms with Gasteiger partial charge < -0.3 is 85.3 Å². The first-order valence-electron chi connectivity index (χ1n) is 22.1. The van der Waals surface area contributed by atoms with Gasteiger partial charge >= 0.3 is 5.97 Å². The molecule has 0 aliphatic carbocycles. The highest BCUT2D eigenvalue weighted by molar-refractivity contribution is 5.98. The van der Waals surface area contributed by atoms with Gasteiger partial charge in [-0.05, 0) is 50.8 Å². The molecule has 10 atom stereocenters. The summed E-state index contributed by atoms with van der Waals surface area (Å²) >= 11 is 0. The van der Waals surface area contributed by atoms with Crippen molar-refractivity contribution < 1.29 is 73.5 Å². The number of rotatable bonds is 31. The van der Waals surface area contributed by atoms with E-state index in [1.165, 1.54) is 0 Å². The number of primary amides is 1. The van der Waals surface area contributed by atoms with E-state index in [9.17, 15) is 73.5 Å². The number of carbonyl (C=O) groups is 10. The molecule has 70 heavy (non-hydrogen) atoms. The van der Waals surface area contributed by atoms with Crippen LogP contribution in [0.2, 0.25) is 0 Å². The second-order valence-electron chi connectivity index (χ2n) is 16.2. The molecule has 0 saturated heterocycles. The van der Waals surface area contributed by atoms with Gasteiger partial charge in [0.1, 0.15) is 48.3 Å². The summed E-state index contributed by atoms with van der Waals surface area (Å²) in [7, 11) is 0. The van der Waals surface area contributed by atoms with E-state index in [0.717, 1.165) is 13.8 Å². The third-order valence-electron chi connectivity index (χ3n) is 10.4. The maximum Gasteiger partial charge on any atom is 0.326 e. The van der Waals surface area contributed by atoms with Crippen molar-refractivity contribution in [3.8, 4) is 0 Å². The molecule has 0 bridgehead atoms. The number of carboxylic acids is 1. The van der Waals surface area contributed by atoms with E-state index in [1.807, 2.05) is 0 Å². The second-order valence-corrected chi connectivity index (χ2v) is 16.2. The van der Waals surface area contributed by atoms with Gasteiger partial charge in [-0.3, -0.25) is 43.2 Å². The highest BCUT2D eigenvalue weighted by atomic mass is 16.4. The van der Waals surface area contributed by atoms with E-state index in [0.29, 0.717) is 30.5 Å². The van der Waals surface area contributed by atoms with E-state index in [2.05, 4.69) is 42.5 Å². The van der Waals surface area contributed by atoms with Crippen molar-refractivity contribution in [3.63, 3.8) is 0 Å². The minimum Gasteiger partial charge on any atom is -0.480 e. The van der Waals surface area contributed by atoms with Gasteiger partial charge in [0, 0.05) is 12.8 Å². The quantitative estimate of drug-likeness (QED) is 0.0312. The Kier molecular flexibility index (Phi) is 25.6. The van der Waals surface area contributed by atoms with Crippen LogP contribution in [0.1, 0.15) is 50.7 Å². The fourth-order valence-corrected chi connectivity index (χ4v) is 6.45. The van der Waals surface area contributed by atoms with Crippen LogP contribution in [-0.4, -0.2) is 172 Å². The minimum absolute atomic E-state index is 0.0390. The van der Waals surface area contributed by atoms with Gasteiger partial charge in [0.25, 0.3) is 0 Å². The Balaban J connectivity index is 2.25. The topological polar surface area (TPSA) is 446 Å². The number of carboxylic acid groups (broad SMARTS) is 1. The van der Waals surface area contributed by atoms with Crippen LogP contribution in [0.3, 0.4) is 0 Å². The van der Waals surface area contributed by atoms with Gasteiger partial charge in [0.05, 0.1) is 38.4 Å². The Hall–Kier alpha value is -7.10. The van der Waals surface area contributed by atoms with Crippen molar-refractivity contribution in [2.45, 2.75) is 113 Å². The first-order valence-corrected chi connectivity index (χ1v) is 22.1. The normalized spacial score (nSPS) is 15.3. The van der Waals surface area contributed by atoms with Crippen LogP contribution in [0.4, 0.5) is 0 Å². The molecule has 2 rings (SSSR count). The number of hydrogen-bond donors (Lipinski definition) is 16. The monoisotopic (exact) mass is 987 g/mol. The highest BCUT2D eigenvalue weighted by Gasteiger charge is 2.36. The lowest BCUT2D eigenvalue weighted by molar-refractivity contribution is -0.142. The molecule has 0 saturated carbocycles. The van der Waals surface area contributed by atoms with Gasteiger partial charge in [-0.2, -0.15) is 0 Å². The van der Waals surface area contributed by atoms with Gasteiger partial charge in [0.15, 0.2) is 0 Å². The van der Waals surface area contributed by atoms with Crippen molar-refractivity contribution in [3.05, 3.63) is 71.8 Å². The number of hydrogen-bond acceptors (Lipinski definition) is 16. The van der Waals surface area contributed by atoms with Crippen LogP contribution in [0.25, 0.3) is 0 Å². The van der Waals surface area contributed by atoms with E-state index in [4.69, 9.17) is 17.2 Å². The predicted octanol–water partition coefficient (Wildman–Crippen LogP) is -6.86. The number of amides is 9. The zero-order chi connectivity index (χ0) is 52.5. The van der Waals surface area contributed by atoms with Crippen molar-refractivity contribution in [1.29, 1.82) is 0 Å². The van der Waals surface area contributed by atoms with Gasteiger partial charge in [-0.25, -0.2) is 4.79 Å². The van der Waals surface area contributed by atoms with Crippen molar-refractivity contribution >= 4 is 59.1 Å². The number of nitrogens with one attached hydrogen (secondary N) is 8. The molecule has 9 amide bonds. The molecule has 2 aromatic carbocycles. The Morgan fingerprint density at radius 3 is 1.33 bits per heavy atom. The first-order chi connectivity index (χ1) is 33.1. The molecule has 0 aliphatic rings. The minimum atomic E-state index is -1.84. The average Bonchev–Trinajstić information content (AvgIpc) is 3.32. The number of benzene rings is 2. The largest absolute Gasteiger partial charge is 0.480 e. The van der Waals surface area contributed by atoms with Gasteiger partial charge in [0.2, 0.25) is 53.2 Å². The fourth-order valence-electron chi connectivity index (χ4n) is 6.45. The van der Waals surface area contributed by atoms with Crippen LogP contribution in [0, 0.1) is 0 Å². The summed E-state index contributed by atoms with van der Waals surface area (Å²) in [4.78, 5) is 129. The number of nitrogens with two attached hydrogens (primary N) is 3. The molecule has 26 heteroatoms. The smallest absolute Gasteiger partial charge is 0.326 e. The summed E-state index contributed by atoms with van der Waals surface area (Å²) in [6.45, 7) is -0.493. The molecule has 0 heterocycles. The fraction of sp³-hybridized carbons (Fsp3) is 0.500. The SMILES string of the molecule is C[C@H](NC(=O)[C@H](CO)NC(=O)[C@@H](N)CC(N)=O)C(=O)N[C@@H](CO)C(=O)N[C@@H](Cc1ccccc1)C(=O)N[C@@H](CO)C(=O)N[C@H](C(=O)N[C@@H](Cc1ccccc1)C(=O)N[C@@H](CCCCN)C(=O)O)[C@@H](C)O. The Morgan fingerprint density at radius 1 is 0.514 bits per heavy atom. The lowest BCUT2D eigenvalue weighted by atomic mass is 10.0. The summed E-state index contributed by atoms with van der Waals surface area (Å²) < 4.78 is 0. The standard InChI is InChI=1S/C44H65N11O15/c1-23(48-40(65)31(20-56)53-37(62)27(46)19-34(47)60)36(61)52-32(21-57)41(66)50-29(17-25-11-5-3-6-12-25)39(64)54-33(22-58)42(67)55-35(24(2)59)43(68)51-30(18-26-13-7-4-8-14-26)38(63)49-28(44(69)70)15-9-10-16-45/h3-8,11-14,23-24,27-33,35,56-59H,9-10,15-22,45-46H2,1-2H3,(H2,47,60)(H,48,65)(H,49,63)(H,50,66)(H,51,68)(H,52,61)(H,53,62)(H,54,64)(H,55,67)(H,69,70)/t23-,24+,27-,28-,29-,30-,31-,32-,33-,35-/m0/s1. The third-order valence-corrected chi connectivity index (χ3v) is 10.4. The molecule has 19 N–H and O–H groups in total. The summed E-state index contributed by atoms with van der Waals surface area (Å²) in [5, 5.41) is 68.7. The Morgan fingerprint density at radius 2 is 0.900 bits per heavy atom. The van der Waals surface area contributed by atoms with Crippen LogP contribution in [0.15, 0.2) is 60.7 Å². The molecule has 0 radical (unpaired) electrons. The first kappa shape index (κ1) is 59.0. The molecular weight excluding hydrogens is 923 g/mol. The van der Waals surface area contributed by atoms with Gasteiger partial charge in [-0.1, -0.05) is 60.7 Å². The molecule has 0 fully saturated rings. The molecule has 26 nitrogen and oxygen atoms in total. The molecule has 0 aliphatic heterocycles. The predicted molar refractivity (Wildman–Crippen MR) is 247 cm³/mol. The Labute approximate surface area is 402 Å². The van der Waals surface area contributed by atoms with Crippen molar-refractivity contribution in [2.24, 2.45) is 17.2 Å². The molecule has 2 aromatic rings. The zero-order valence-electron chi connectivity index (χ0n) is 38.7. The average molecular weight is 988 g/mol. The van der Waals surface area contributed by atoms with E-state index in [1.54, 1.807) is 60.7 Å². The molecule has 0 spiro atoms. The Bertz CT molecular complexity index is 2080. The van der Waals surface area contributed by atoms with Gasteiger partial charge in [-0.15, -0.1) is 0 Å². The number of aliphatic carboxylic acids is 1. The van der Waals surface area contributed by atoms with Crippen molar-refractivity contribution in [2.75, 3.05) is 26.4 Å². The molecular formula is C44H65N11O15. The maximum absolute atomic E-state index is 13.8. The van der Waals surface area contributed by atoms with Crippen molar-refractivity contribution in [1.82, 2.24) is 42.5 Å². The van der Waals surface area contributed by atoms with E-state index in [-0.39, 0.29) is 19.3 Å². The lowest BCUT2D eigenvalue weighted by Gasteiger charge is -2.28. The molecule has 0 aromatic heterocycles. The lowest BCUT2D eigenvalue weighted by Crippen LogP contribution is -2.62. The van der Waals surface area contributed by atoms with Crippen LogP contribution in [0.5, 0.6) is 0 Å². The van der Waals surface area contributed by atoms with Crippen LogP contribution in [-0.2, 0) is 60.8 Å². The summed E-state index contributed by atoms with van der Waals surface area (Å²) in [5.74, 6) is -10.8. The maximum atomic E-state index is 13.8. The molecule has 0 unspecified atom stereocenters.